The number of amidine groups is 1. The molecule has 0 radical (unpaired) electrons. The molecule has 1 aromatic rings. The molecule has 2 atom stereocenters. The minimum Gasteiger partial charge on any atom is -0.497 e. The Bertz CT molecular complexity index is 474. The molecule has 19 heavy (non-hydrogen) atoms. The van der Waals surface area contributed by atoms with Gasteiger partial charge in [-0.1, -0.05) is 0 Å². The van der Waals surface area contributed by atoms with Crippen LogP contribution in [0.1, 0.15) is 18.9 Å². The monoisotopic (exact) mass is 263 g/mol. The summed E-state index contributed by atoms with van der Waals surface area (Å²) in [6.45, 7) is 3.47. The van der Waals surface area contributed by atoms with Crippen LogP contribution in [0.5, 0.6) is 5.75 Å². The number of methoxy groups -OCH3 is 1. The normalized spacial score (nSPS) is 20.4. The molecule has 1 aromatic carbocycles. The zero-order valence-corrected chi connectivity index (χ0v) is 11.4. The maximum Gasteiger partial charge on any atom is 0.124 e. The molecule has 0 bridgehead atoms. The van der Waals surface area contributed by atoms with Crippen LogP contribution in [0.15, 0.2) is 18.2 Å². The van der Waals surface area contributed by atoms with Crippen molar-refractivity contribution in [3.63, 3.8) is 0 Å². The molecule has 2 unspecified atom stereocenters. The average Bonchev–Trinajstić information content (AvgIpc) is 2.87. The number of nitrogen functional groups attached to an aromatic ring is 1. The van der Waals surface area contributed by atoms with Crippen LogP contribution in [0.4, 0.5) is 5.69 Å². The molecule has 1 aliphatic rings. The van der Waals surface area contributed by atoms with E-state index < -0.39 is 0 Å². The summed E-state index contributed by atoms with van der Waals surface area (Å²) in [5.74, 6) is 1.07. The Kier molecular flexibility index (Phi) is 3.95. The van der Waals surface area contributed by atoms with Crippen molar-refractivity contribution in [1.29, 1.82) is 5.41 Å². The van der Waals surface area contributed by atoms with E-state index >= 15 is 0 Å². The maximum atomic E-state index is 9.68. The van der Waals surface area contributed by atoms with Gasteiger partial charge in [-0.3, -0.25) is 5.41 Å². The Morgan fingerprint density at radius 2 is 2.32 bits per heavy atom. The summed E-state index contributed by atoms with van der Waals surface area (Å²) >= 11 is 0. The van der Waals surface area contributed by atoms with E-state index in [0.29, 0.717) is 5.56 Å². The van der Waals surface area contributed by atoms with Crippen molar-refractivity contribution in [2.24, 2.45) is 11.7 Å². The van der Waals surface area contributed by atoms with E-state index in [-0.39, 0.29) is 17.9 Å². The summed E-state index contributed by atoms with van der Waals surface area (Å²) in [5.41, 5.74) is 7.26. The van der Waals surface area contributed by atoms with Crippen LogP contribution >= 0.6 is 0 Å². The Morgan fingerprint density at radius 3 is 2.84 bits per heavy atom. The number of nitrogens with one attached hydrogen (secondary N) is 1. The van der Waals surface area contributed by atoms with Crippen molar-refractivity contribution in [2.75, 3.05) is 25.1 Å². The molecule has 104 valence electrons. The summed E-state index contributed by atoms with van der Waals surface area (Å²) in [4.78, 5) is 2.16. The lowest BCUT2D eigenvalue weighted by Gasteiger charge is -2.23. The molecule has 5 heteroatoms. The van der Waals surface area contributed by atoms with Crippen LogP contribution in [-0.2, 0) is 0 Å². The highest BCUT2D eigenvalue weighted by molar-refractivity contribution is 6.00. The largest absolute Gasteiger partial charge is 0.497 e. The molecule has 0 aliphatic carbocycles. The number of aliphatic hydroxyl groups is 1. The Labute approximate surface area is 113 Å². The molecule has 0 saturated carbocycles. The second kappa shape index (κ2) is 5.48. The summed E-state index contributed by atoms with van der Waals surface area (Å²) in [5, 5.41) is 17.3. The van der Waals surface area contributed by atoms with Gasteiger partial charge in [0.05, 0.1) is 18.9 Å². The molecule has 1 fully saturated rings. The predicted octanol–water partition coefficient (Wildman–Crippen LogP) is 1.19. The molecule has 1 saturated heterocycles. The minimum atomic E-state index is -0.309. The number of anilines is 1. The van der Waals surface area contributed by atoms with Crippen LogP contribution in [-0.4, -0.2) is 37.2 Å². The van der Waals surface area contributed by atoms with Crippen LogP contribution in [0.2, 0.25) is 0 Å². The van der Waals surface area contributed by atoms with E-state index in [1.54, 1.807) is 7.11 Å². The fraction of sp³-hybridized carbons (Fsp3) is 0.500. The fourth-order valence-corrected chi connectivity index (χ4v) is 2.53. The second-order valence-corrected chi connectivity index (χ2v) is 5.03. The highest BCUT2D eigenvalue weighted by atomic mass is 16.5. The van der Waals surface area contributed by atoms with Gasteiger partial charge < -0.3 is 20.5 Å². The lowest BCUT2D eigenvalue weighted by atomic mass is 10.0. The first kappa shape index (κ1) is 13.7. The number of nitrogens with zero attached hydrogens (tertiary/aromatic N) is 1. The SMILES string of the molecule is COc1ccc(C(=N)N)c(N2CCC(C(C)O)C2)c1. The van der Waals surface area contributed by atoms with E-state index in [2.05, 4.69) is 4.90 Å². The summed E-state index contributed by atoms with van der Waals surface area (Å²) < 4.78 is 5.24. The Hall–Kier alpha value is -1.75. The molecular weight excluding hydrogens is 242 g/mol. The van der Waals surface area contributed by atoms with Crippen molar-refractivity contribution in [1.82, 2.24) is 0 Å². The number of hydrogen-bond donors (Lipinski definition) is 3. The quantitative estimate of drug-likeness (QED) is 0.563. The number of benzene rings is 1. The summed E-state index contributed by atoms with van der Waals surface area (Å²) in [6, 6.07) is 5.52. The van der Waals surface area contributed by atoms with Crippen LogP contribution in [0.25, 0.3) is 0 Å². The first-order valence-electron chi connectivity index (χ1n) is 6.48. The van der Waals surface area contributed by atoms with E-state index in [9.17, 15) is 5.11 Å². The first-order valence-corrected chi connectivity index (χ1v) is 6.48. The number of rotatable bonds is 4. The summed E-state index contributed by atoms with van der Waals surface area (Å²) in [7, 11) is 1.62. The standard InChI is InChI=1S/C14H21N3O2/c1-9(18)10-5-6-17(8-10)13-7-11(19-2)3-4-12(13)14(15)16/h3-4,7,9-10,18H,5-6,8H2,1-2H3,(H3,15,16). The van der Waals surface area contributed by atoms with E-state index in [4.69, 9.17) is 15.9 Å². The van der Waals surface area contributed by atoms with Gasteiger partial charge in [-0.2, -0.15) is 0 Å². The maximum absolute atomic E-state index is 9.68. The van der Waals surface area contributed by atoms with Gasteiger partial charge in [-0.15, -0.1) is 0 Å². The first-order chi connectivity index (χ1) is 9.02. The van der Waals surface area contributed by atoms with Crippen molar-refractivity contribution in [2.45, 2.75) is 19.4 Å². The Balaban J connectivity index is 2.30. The predicted molar refractivity (Wildman–Crippen MR) is 76.0 cm³/mol. The lowest BCUT2D eigenvalue weighted by molar-refractivity contribution is 0.136. The number of hydrogen-bond acceptors (Lipinski definition) is 4. The summed E-state index contributed by atoms with van der Waals surface area (Å²) in [6.07, 6.45) is 0.642. The van der Waals surface area contributed by atoms with Crippen LogP contribution < -0.4 is 15.4 Å². The van der Waals surface area contributed by atoms with E-state index in [1.165, 1.54) is 0 Å². The molecule has 0 aromatic heterocycles. The molecule has 0 spiro atoms. The number of nitrogens with two attached hydrogens (primary N) is 1. The van der Waals surface area contributed by atoms with E-state index in [0.717, 1.165) is 30.9 Å². The second-order valence-electron chi connectivity index (χ2n) is 5.03. The third-order valence-electron chi connectivity index (χ3n) is 3.74. The molecule has 4 N–H and O–H groups in total. The topological polar surface area (TPSA) is 82.6 Å². The van der Waals surface area contributed by atoms with Crippen molar-refractivity contribution >= 4 is 11.5 Å². The molecule has 2 rings (SSSR count). The van der Waals surface area contributed by atoms with Crippen LogP contribution in [0, 0.1) is 11.3 Å². The molecule has 1 heterocycles. The highest BCUT2D eigenvalue weighted by Crippen LogP contribution is 2.31. The minimum absolute atomic E-state index is 0.0538. The fourth-order valence-electron chi connectivity index (χ4n) is 2.53. The van der Waals surface area contributed by atoms with Gasteiger partial charge in [-0.05, 0) is 25.5 Å². The smallest absolute Gasteiger partial charge is 0.124 e. The van der Waals surface area contributed by atoms with Gasteiger partial charge in [0, 0.05) is 30.6 Å². The van der Waals surface area contributed by atoms with Gasteiger partial charge in [0.15, 0.2) is 0 Å². The zero-order valence-electron chi connectivity index (χ0n) is 11.4. The number of ether oxygens (including phenoxy) is 1. The third-order valence-corrected chi connectivity index (χ3v) is 3.74. The Morgan fingerprint density at radius 1 is 1.58 bits per heavy atom. The molecule has 5 nitrogen and oxygen atoms in total. The van der Waals surface area contributed by atoms with Crippen molar-refractivity contribution < 1.29 is 9.84 Å². The molecular formula is C14H21N3O2. The highest BCUT2D eigenvalue weighted by Gasteiger charge is 2.27. The van der Waals surface area contributed by atoms with Crippen molar-refractivity contribution in [3.05, 3.63) is 23.8 Å². The third kappa shape index (κ3) is 2.81. The van der Waals surface area contributed by atoms with Gasteiger partial charge >= 0.3 is 0 Å². The average molecular weight is 263 g/mol. The number of aliphatic hydroxyl groups excluding tert-OH is 1. The van der Waals surface area contributed by atoms with Crippen molar-refractivity contribution in [3.8, 4) is 5.75 Å². The molecule has 1 aliphatic heterocycles. The van der Waals surface area contributed by atoms with Gasteiger partial charge in [-0.25, -0.2) is 0 Å². The molecule has 0 amide bonds. The zero-order chi connectivity index (χ0) is 14.0. The van der Waals surface area contributed by atoms with Crippen LogP contribution in [0.3, 0.4) is 0 Å². The van der Waals surface area contributed by atoms with E-state index in [1.807, 2.05) is 25.1 Å². The van der Waals surface area contributed by atoms with Gasteiger partial charge in [0.25, 0.3) is 0 Å². The van der Waals surface area contributed by atoms with Gasteiger partial charge in [0.1, 0.15) is 11.6 Å². The van der Waals surface area contributed by atoms with Gasteiger partial charge in [0.2, 0.25) is 0 Å². The lowest BCUT2D eigenvalue weighted by Crippen LogP contribution is -2.26.